The Labute approximate surface area is 134 Å². The Balaban J connectivity index is 2.03. The number of hydrogen-bond acceptors (Lipinski definition) is 3. The molecule has 0 aliphatic heterocycles. The number of benzene rings is 1. The van der Waals surface area contributed by atoms with Crippen LogP contribution in [0.3, 0.4) is 0 Å². The van der Waals surface area contributed by atoms with Crippen molar-refractivity contribution in [2.24, 2.45) is 0 Å². The summed E-state index contributed by atoms with van der Waals surface area (Å²) in [5.41, 5.74) is 0.910. The van der Waals surface area contributed by atoms with Gasteiger partial charge in [0, 0.05) is 6.20 Å². The molecule has 1 amide bonds. The number of hydrogen-bond donors (Lipinski definition) is 2. The molecule has 2 aromatic rings. The fourth-order valence-corrected chi connectivity index (χ4v) is 2.01. The maximum Gasteiger partial charge on any atom is 0.391 e. The minimum absolute atomic E-state index is 0.0145. The molecule has 2 N–H and O–H groups in total. The van der Waals surface area contributed by atoms with E-state index in [1.807, 2.05) is 35.6 Å². The third-order valence-corrected chi connectivity index (χ3v) is 3.12. The van der Waals surface area contributed by atoms with E-state index in [2.05, 4.69) is 5.10 Å². The SMILES string of the molecule is O=C(NC(CC(F)(F)F)C(=O)O)c1cnn(Cc2ccccc2)c1. The lowest BCUT2D eigenvalue weighted by Gasteiger charge is -2.15. The number of nitrogens with one attached hydrogen (secondary N) is 1. The molecule has 0 radical (unpaired) electrons. The highest BCUT2D eigenvalue weighted by Crippen LogP contribution is 2.21. The zero-order chi connectivity index (χ0) is 17.7. The van der Waals surface area contributed by atoms with Crippen molar-refractivity contribution in [2.45, 2.75) is 25.2 Å². The third kappa shape index (κ3) is 5.11. The zero-order valence-corrected chi connectivity index (χ0v) is 12.3. The van der Waals surface area contributed by atoms with E-state index in [0.29, 0.717) is 6.54 Å². The van der Waals surface area contributed by atoms with Crippen molar-refractivity contribution in [2.75, 3.05) is 0 Å². The first kappa shape index (κ1) is 17.5. The first-order valence-electron chi connectivity index (χ1n) is 6.91. The summed E-state index contributed by atoms with van der Waals surface area (Å²) in [7, 11) is 0. The molecule has 6 nitrogen and oxygen atoms in total. The smallest absolute Gasteiger partial charge is 0.391 e. The van der Waals surface area contributed by atoms with Crippen molar-refractivity contribution in [3.05, 3.63) is 53.9 Å². The lowest BCUT2D eigenvalue weighted by atomic mass is 10.2. The molecular weight excluding hydrogens is 327 g/mol. The molecule has 0 aliphatic carbocycles. The number of halogens is 3. The molecule has 0 fully saturated rings. The van der Waals surface area contributed by atoms with Crippen LogP contribution >= 0.6 is 0 Å². The second-order valence-corrected chi connectivity index (χ2v) is 5.10. The molecule has 1 unspecified atom stereocenters. The molecule has 0 saturated carbocycles. The molecule has 0 aliphatic rings. The number of alkyl halides is 3. The monoisotopic (exact) mass is 341 g/mol. The number of aliphatic carboxylic acids is 1. The highest BCUT2D eigenvalue weighted by atomic mass is 19.4. The van der Waals surface area contributed by atoms with Crippen LogP contribution in [0, 0.1) is 0 Å². The number of carboxylic acids is 1. The van der Waals surface area contributed by atoms with E-state index in [1.165, 1.54) is 17.1 Å². The van der Waals surface area contributed by atoms with Gasteiger partial charge in [0.2, 0.25) is 0 Å². The van der Waals surface area contributed by atoms with E-state index in [9.17, 15) is 22.8 Å². The van der Waals surface area contributed by atoms with Crippen molar-refractivity contribution in [1.29, 1.82) is 0 Å². The molecule has 24 heavy (non-hydrogen) atoms. The third-order valence-electron chi connectivity index (χ3n) is 3.12. The Hall–Kier alpha value is -2.84. The summed E-state index contributed by atoms with van der Waals surface area (Å²) < 4.78 is 38.4. The van der Waals surface area contributed by atoms with Crippen LogP contribution in [0.2, 0.25) is 0 Å². The molecular formula is C15H14F3N3O3. The van der Waals surface area contributed by atoms with Crippen LogP contribution in [-0.4, -0.2) is 39.0 Å². The number of carbonyl (C=O) groups is 2. The topological polar surface area (TPSA) is 84.2 Å². The Morgan fingerprint density at radius 3 is 2.50 bits per heavy atom. The highest BCUT2D eigenvalue weighted by molar-refractivity contribution is 5.96. The van der Waals surface area contributed by atoms with Gasteiger partial charge in [-0.3, -0.25) is 9.48 Å². The largest absolute Gasteiger partial charge is 0.480 e. The summed E-state index contributed by atoms with van der Waals surface area (Å²) in [5, 5.41) is 14.6. The van der Waals surface area contributed by atoms with Gasteiger partial charge in [0.25, 0.3) is 5.91 Å². The first-order valence-corrected chi connectivity index (χ1v) is 6.91. The van der Waals surface area contributed by atoms with E-state index >= 15 is 0 Å². The van der Waals surface area contributed by atoms with Gasteiger partial charge in [-0.05, 0) is 5.56 Å². The van der Waals surface area contributed by atoms with E-state index in [-0.39, 0.29) is 5.56 Å². The van der Waals surface area contributed by atoms with Crippen LogP contribution in [0.1, 0.15) is 22.3 Å². The molecule has 1 heterocycles. The van der Waals surface area contributed by atoms with Crippen LogP contribution in [0.15, 0.2) is 42.7 Å². The van der Waals surface area contributed by atoms with Crippen LogP contribution < -0.4 is 5.32 Å². The maximum absolute atomic E-state index is 12.3. The van der Waals surface area contributed by atoms with Gasteiger partial charge in [-0.15, -0.1) is 0 Å². The van der Waals surface area contributed by atoms with Gasteiger partial charge in [0.15, 0.2) is 0 Å². The zero-order valence-electron chi connectivity index (χ0n) is 12.3. The number of aromatic nitrogens is 2. The van der Waals surface area contributed by atoms with Gasteiger partial charge >= 0.3 is 12.1 Å². The van der Waals surface area contributed by atoms with Crippen molar-refractivity contribution < 1.29 is 27.9 Å². The predicted octanol–water partition coefficient (Wildman–Crippen LogP) is 2.07. The molecule has 0 bridgehead atoms. The Kier molecular flexibility index (Phi) is 5.22. The molecule has 0 spiro atoms. The minimum Gasteiger partial charge on any atom is -0.480 e. The van der Waals surface area contributed by atoms with Crippen LogP contribution in [-0.2, 0) is 11.3 Å². The molecule has 0 saturated heterocycles. The van der Waals surface area contributed by atoms with E-state index in [4.69, 9.17) is 5.11 Å². The normalized spacial score (nSPS) is 12.6. The molecule has 1 atom stereocenters. The standard InChI is InChI=1S/C15H14F3N3O3/c16-15(17,18)6-12(14(23)24)20-13(22)11-7-19-21(9-11)8-10-4-2-1-3-5-10/h1-5,7,9,12H,6,8H2,(H,20,22)(H,23,24). The summed E-state index contributed by atoms with van der Waals surface area (Å²) >= 11 is 0. The van der Waals surface area contributed by atoms with Gasteiger partial charge in [0.1, 0.15) is 6.04 Å². The molecule has 1 aromatic heterocycles. The van der Waals surface area contributed by atoms with E-state index < -0.39 is 30.5 Å². The molecule has 128 valence electrons. The van der Waals surface area contributed by atoms with Crippen molar-refractivity contribution in [3.63, 3.8) is 0 Å². The number of carbonyl (C=O) groups excluding carboxylic acids is 1. The Bertz CT molecular complexity index is 713. The summed E-state index contributed by atoms with van der Waals surface area (Å²) in [5.74, 6) is -2.68. The summed E-state index contributed by atoms with van der Waals surface area (Å²) in [6.07, 6.45) is -3.83. The van der Waals surface area contributed by atoms with Gasteiger partial charge in [-0.1, -0.05) is 30.3 Å². The van der Waals surface area contributed by atoms with E-state index in [1.54, 1.807) is 0 Å². The average Bonchev–Trinajstić information content (AvgIpc) is 2.94. The lowest BCUT2D eigenvalue weighted by molar-refractivity contribution is -0.157. The van der Waals surface area contributed by atoms with Crippen LogP contribution in [0.4, 0.5) is 13.2 Å². The Morgan fingerprint density at radius 2 is 1.92 bits per heavy atom. The van der Waals surface area contributed by atoms with Gasteiger partial charge in [0.05, 0.1) is 24.7 Å². The summed E-state index contributed by atoms with van der Waals surface area (Å²) in [6.45, 7) is 0.374. The molecule has 9 heteroatoms. The lowest BCUT2D eigenvalue weighted by Crippen LogP contribution is -2.43. The average molecular weight is 341 g/mol. The van der Waals surface area contributed by atoms with Gasteiger partial charge < -0.3 is 10.4 Å². The highest BCUT2D eigenvalue weighted by Gasteiger charge is 2.36. The van der Waals surface area contributed by atoms with Crippen LogP contribution in [0.5, 0.6) is 0 Å². The molecule has 1 aromatic carbocycles. The minimum atomic E-state index is -4.70. The predicted molar refractivity (Wildman–Crippen MR) is 77.3 cm³/mol. The van der Waals surface area contributed by atoms with Crippen molar-refractivity contribution in [3.8, 4) is 0 Å². The van der Waals surface area contributed by atoms with Gasteiger partial charge in [-0.25, -0.2) is 4.79 Å². The number of amides is 1. The second kappa shape index (κ2) is 7.16. The number of nitrogens with zero attached hydrogens (tertiary/aromatic N) is 2. The van der Waals surface area contributed by atoms with Crippen molar-refractivity contribution >= 4 is 11.9 Å². The van der Waals surface area contributed by atoms with Crippen molar-refractivity contribution in [1.82, 2.24) is 15.1 Å². The van der Waals surface area contributed by atoms with E-state index in [0.717, 1.165) is 5.56 Å². The second-order valence-electron chi connectivity index (χ2n) is 5.10. The van der Waals surface area contributed by atoms with Gasteiger partial charge in [-0.2, -0.15) is 18.3 Å². The molecule has 2 rings (SSSR count). The fourth-order valence-electron chi connectivity index (χ4n) is 2.01. The first-order chi connectivity index (χ1) is 11.2. The summed E-state index contributed by atoms with van der Waals surface area (Å²) in [4.78, 5) is 22.8. The maximum atomic E-state index is 12.3. The number of rotatable bonds is 6. The summed E-state index contributed by atoms with van der Waals surface area (Å²) in [6, 6.07) is 7.17. The fraction of sp³-hybridized carbons (Fsp3) is 0.267. The number of carboxylic acid groups (broad SMARTS) is 1. The van der Waals surface area contributed by atoms with Crippen LogP contribution in [0.25, 0.3) is 0 Å². The quantitative estimate of drug-likeness (QED) is 0.842. The Morgan fingerprint density at radius 1 is 1.25 bits per heavy atom.